The first-order valence-electron chi connectivity index (χ1n) is 5.92. The molecule has 3 heteroatoms. The summed E-state index contributed by atoms with van der Waals surface area (Å²) < 4.78 is 10.3. The van der Waals surface area contributed by atoms with Gasteiger partial charge in [0.25, 0.3) is 0 Å². The standard InChI is InChI=1S/C15H17BrO2/c1-12-8-9-15(16,18-11-17-2)14(10-12)13-6-4-3-5-7-13/h3-8,10H,9,11H2,1-2H3. The molecule has 96 valence electrons. The third-order valence-electron chi connectivity index (χ3n) is 2.95. The lowest BCUT2D eigenvalue weighted by Crippen LogP contribution is -2.29. The van der Waals surface area contributed by atoms with E-state index in [1.165, 1.54) is 5.57 Å². The highest BCUT2D eigenvalue weighted by molar-refractivity contribution is 9.10. The fraction of sp³-hybridized carbons (Fsp3) is 0.333. The molecule has 0 radical (unpaired) electrons. The van der Waals surface area contributed by atoms with Crippen LogP contribution in [0.2, 0.25) is 0 Å². The van der Waals surface area contributed by atoms with E-state index >= 15 is 0 Å². The van der Waals surface area contributed by atoms with Crippen LogP contribution < -0.4 is 0 Å². The van der Waals surface area contributed by atoms with Gasteiger partial charge in [-0.15, -0.1) is 0 Å². The molecule has 2 nitrogen and oxygen atoms in total. The Morgan fingerprint density at radius 3 is 2.67 bits per heavy atom. The smallest absolute Gasteiger partial charge is 0.154 e. The molecular formula is C15H17BrO2. The van der Waals surface area contributed by atoms with E-state index in [4.69, 9.17) is 9.47 Å². The Morgan fingerprint density at radius 1 is 1.28 bits per heavy atom. The normalized spacial score (nSPS) is 23.5. The third-order valence-corrected chi connectivity index (χ3v) is 3.93. The minimum absolute atomic E-state index is 0.266. The highest BCUT2D eigenvalue weighted by Gasteiger charge is 2.34. The summed E-state index contributed by atoms with van der Waals surface area (Å²) in [5, 5.41) is 0. The van der Waals surface area contributed by atoms with E-state index in [2.05, 4.69) is 47.1 Å². The summed E-state index contributed by atoms with van der Waals surface area (Å²) in [6.07, 6.45) is 5.11. The molecule has 0 N–H and O–H groups in total. The fourth-order valence-electron chi connectivity index (χ4n) is 2.00. The van der Waals surface area contributed by atoms with Gasteiger partial charge in [-0.05, 0) is 28.4 Å². The number of allylic oxidation sites excluding steroid dienone is 2. The molecule has 0 saturated heterocycles. The molecular weight excluding hydrogens is 292 g/mol. The molecule has 0 bridgehead atoms. The van der Waals surface area contributed by atoms with Gasteiger partial charge >= 0.3 is 0 Å². The van der Waals surface area contributed by atoms with Crippen LogP contribution >= 0.6 is 15.9 Å². The molecule has 1 unspecified atom stereocenters. The van der Waals surface area contributed by atoms with E-state index in [0.29, 0.717) is 0 Å². The molecule has 1 aromatic rings. The summed E-state index contributed by atoms with van der Waals surface area (Å²) in [6.45, 7) is 2.37. The lowest BCUT2D eigenvalue weighted by molar-refractivity contribution is -0.0619. The Kier molecular flexibility index (Phi) is 4.38. The average molecular weight is 309 g/mol. The highest BCUT2D eigenvalue weighted by Crippen LogP contribution is 2.42. The van der Waals surface area contributed by atoms with E-state index < -0.39 is 4.51 Å². The molecule has 1 aliphatic carbocycles. The summed E-state index contributed by atoms with van der Waals surface area (Å²) in [7, 11) is 1.63. The van der Waals surface area contributed by atoms with Crippen LogP contribution in [0.1, 0.15) is 18.9 Å². The van der Waals surface area contributed by atoms with Gasteiger partial charge in [-0.2, -0.15) is 0 Å². The number of rotatable bonds is 4. The van der Waals surface area contributed by atoms with Crippen molar-refractivity contribution in [1.82, 2.24) is 0 Å². The lowest BCUT2D eigenvalue weighted by Gasteiger charge is -2.32. The van der Waals surface area contributed by atoms with Crippen molar-refractivity contribution < 1.29 is 9.47 Å². The summed E-state index contributed by atoms with van der Waals surface area (Å²) >= 11 is 3.71. The maximum atomic E-state index is 5.82. The maximum absolute atomic E-state index is 5.82. The van der Waals surface area contributed by atoms with Crippen LogP contribution in [0.25, 0.3) is 5.57 Å². The van der Waals surface area contributed by atoms with Crippen LogP contribution in [0.4, 0.5) is 0 Å². The van der Waals surface area contributed by atoms with Gasteiger partial charge in [-0.1, -0.05) is 48.1 Å². The van der Waals surface area contributed by atoms with Crippen LogP contribution in [0.5, 0.6) is 0 Å². The van der Waals surface area contributed by atoms with Gasteiger partial charge in [0, 0.05) is 19.1 Å². The molecule has 1 aliphatic rings. The molecule has 2 rings (SSSR count). The van der Waals surface area contributed by atoms with E-state index in [0.717, 1.165) is 17.6 Å². The molecule has 0 aliphatic heterocycles. The highest BCUT2D eigenvalue weighted by atomic mass is 79.9. The van der Waals surface area contributed by atoms with Gasteiger partial charge < -0.3 is 9.47 Å². The van der Waals surface area contributed by atoms with Crippen LogP contribution in [0.15, 0.2) is 48.1 Å². The Hall–Kier alpha value is -0.900. The molecule has 18 heavy (non-hydrogen) atoms. The lowest BCUT2D eigenvalue weighted by atomic mass is 9.91. The second-order valence-electron chi connectivity index (χ2n) is 4.36. The molecule has 0 fully saturated rings. The molecule has 1 atom stereocenters. The van der Waals surface area contributed by atoms with E-state index in [1.54, 1.807) is 7.11 Å². The van der Waals surface area contributed by atoms with E-state index in [9.17, 15) is 0 Å². The molecule has 0 aromatic heterocycles. The number of alkyl halides is 1. The summed E-state index contributed by atoms with van der Waals surface area (Å²) in [4.78, 5) is 0. The van der Waals surface area contributed by atoms with Crippen molar-refractivity contribution in [3.63, 3.8) is 0 Å². The van der Waals surface area contributed by atoms with Crippen molar-refractivity contribution in [3.05, 3.63) is 53.6 Å². The van der Waals surface area contributed by atoms with Crippen LogP contribution in [0.3, 0.4) is 0 Å². The Labute approximate surface area is 116 Å². The first-order valence-corrected chi connectivity index (χ1v) is 6.71. The fourth-order valence-corrected chi connectivity index (χ4v) is 2.60. The second-order valence-corrected chi connectivity index (χ2v) is 5.64. The number of hydrogen-bond donors (Lipinski definition) is 0. The first-order chi connectivity index (χ1) is 8.65. The Balaban J connectivity index is 2.35. The van der Waals surface area contributed by atoms with Crippen molar-refractivity contribution in [1.29, 1.82) is 0 Å². The number of methoxy groups -OCH3 is 1. The Bertz CT molecular complexity index is 465. The number of halogens is 1. The van der Waals surface area contributed by atoms with E-state index in [1.807, 2.05) is 18.2 Å². The first kappa shape index (κ1) is 13.5. The third kappa shape index (κ3) is 2.91. The van der Waals surface area contributed by atoms with E-state index in [-0.39, 0.29) is 6.79 Å². The van der Waals surface area contributed by atoms with Crippen molar-refractivity contribution in [2.24, 2.45) is 0 Å². The van der Waals surface area contributed by atoms with Crippen molar-refractivity contribution in [3.8, 4) is 0 Å². The predicted molar refractivity (Wildman–Crippen MR) is 77.4 cm³/mol. The predicted octanol–water partition coefficient (Wildman–Crippen LogP) is 4.13. The van der Waals surface area contributed by atoms with Gasteiger partial charge in [0.2, 0.25) is 0 Å². The van der Waals surface area contributed by atoms with Crippen LogP contribution in [0, 0.1) is 0 Å². The molecule has 0 amide bonds. The van der Waals surface area contributed by atoms with Gasteiger partial charge in [-0.25, -0.2) is 0 Å². The zero-order valence-electron chi connectivity index (χ0n) is 10.7. The van der Waals surface area contributed by atoms with Crippen molar-refractivity contribution in [2.75, 3.05) is 13.9 Å². The molecule has 0 heterocycles. The number of ether oxygens (including phenoxy) is 2. The average Bonchev–Trinajstić information content (AvgIpc) is 2.41. The Morgan fingerprint density at radius 2 is 2.00 bits per heavy atom. The van der Waals surface area contributed by atoms with Crippen molar-refractivity contribution in [2.45, 2.75) is 17.9 Å². The molecule has 0 spiro atoms. The van der Waals surface area contributed by atoms with Crippen LogP contribution in [-0.4, -0.2) is 18.4 Å². The van der Waals surface area contributed by atoms with Gasteiger partial charge in [0.15, 0.2) is 4.51 Å². The van der Waals surface area contributed by atoms with Gasteiger partial charge in [0.1, 0.15) is 6.79 Å². The van der Waals surface area contributed by atoms with Crippen molar-refractivity contribution >= 4 is 21.5 Å². The zero-order chi connectivity index (χ0) is 13.0. The topological polar surface area (TPSA) is 18.5 Å². The number of benzene rings is 1. The SMILES string of the molecule is COCOC1(Br)CC=C(C)C=C1c1ccccc1. The second kappa shape index (κ2) is 5.83. The quantitative estimate of drug-likeness (QED) is 0.615. The summed E-state index contributed by atoms with van der Waals surface area (Å²) in [5.41, 5.74) is 3.56. The monoisotopic (exact) mass is 308 g/mol. The zero-order valence-corrected chi connectivity index (χ0v) is 12.2. The van der Waals surface area contributed by atoms with Crippen LogP contribution in [-0.2, 0) is 9.47 Å². The van der Waals surface area contributed by atoms with Gasteiger partial charge in [0.05, 0.1) is 0 Å². The summed E-state index contributed by atoms with van der Waals surface area (Å²) in [5.74, 6) is 0. The minimum atomic E-state index is -0.496. The number of hydrogen-bond acceptors (Lipinski definition) is 2. The van der Waals surface area contributed by atoms with Gasteiger partial charge in [-0.3, -0.25) is 0 Å². The minimum Gasteiger partial charge on any atom is -0.359 e. The maximum Gasteiger partial charge on any atom is 0.154 e. The summed E-state index contributed by atoms with van der Waals surface area (Å²) in [6, 6.07) is 10.3. The molecule has 0 saturated carbocycles. The largest absolute Gasteiger partial charge is 0.359 e. The molecule has 1 aromatic carbocycles.